The molecule has 0 aromatic heterocycles. The van der Waals surface area contributed by atoms with Gasteiger partial charge in [0.25, 0.3) is 0 Å². The van der Waals surface area contributed by atoms with Gasteiger partial charge in [0.1, 0.15) is 18.2 Å². The molecule has 0 aliphatic rings. The van der Waals surface area contributed by atoms with Crippen LogP contribution in [0.15, 0.2) is 30.3 Å². The van der Waals surface area contributed by atoms with Crippen LogP contribution in [-0.4, -0.2) is 58.1 Å². The van der Waals surface area contributed by atoms with Crippen molar-refractivity contribution in [3.8, 4) is 0 Å². The summed E-state index contributed by atoms with van der Waals surface area (Å²) in [6, 6.07) is 6.68. The molecule has 0 saturated carbocycles. The molecule has 0 spiro atoms. The van der Waals surface area contributed by atoms with Crippen LogP contribution in [0.3, 0.4) is 0 Å². The summed E-state index contributed by atoms with van der Waals surface area (Å²) in [5, 5.41) is 24.2. The summed E-state index contributed by atoms with van der Waals surface area (Å²) in [6.45, 7) is 7.32. The minimum atomic E-state index is -1.38. The molecule has 0 fully saturated rings. The lowest BCUT2D eigenvalue weighted by Crippen LogP contribution is -2.53. The summed E-state index contributed by atoms with van der Waals surface area (Å²) < 4.78 is 10.4. The van der Waals surface area contributed by atoms with E-state index in [1.54, 1.807) is 45.0 Å². The molecule has 4 N–H and O–H groups in total. The minimum Gasteiger partial charge on any atom is -0.459 e. The average molecular weight is 424 g/mol. The van der Waals surface area contributed by atoms with Crippen molar-refractivity contribution in [1.29, 1.82) is 0 Å². The summed E-state index contributed by atoms with van der Waals surface area (Å²) in [4.78, 5) is 37.0. The Morgan fingerprint density at radius 3 is 2.13 bits per heavy atom. The summed E-state index contributed by atoms with van der Waals surface area (Å²) in [5.41, 5.74) is -1.44. The maximum Gasteiger partial charge on any atom is 0.408 e. The molecule has 0 aliphatic heterocycles. The number of hydrogen-bond acceptors (Lipinski definition) is 7. The van der Waals surface area contributed by atoms with Gasteiger partial charge >= 0.3 is 12.1 Å². The van der Waals surface area contributed by atoms with Crippen molar-refractivity contribution >= 4 is 18.0 Å². The zero-order valence-corrected chi connectivity index (χ0v) is 18.1. The summed E-state index contributed by atoms with van der Waals surface area (Å²) in [7, 11) is 0. The van der Waals surface area contributed by atoms with Gasteiger partial charge in [-0.15, -0.1) is 0 Å². The molecular weight excluding hydrogens is 392 g/mol. The van der Waals surface area contributed by atoms with E-state index in [4.69, 9.17) is 9.47 Å². The molecule has 30 heavy (non-hydrogen) atoms. The van der Waals surface area contributed by atoms with Gasteiger partial charge in [-0.3, -0.25) is 4.79 Å². The molecule has 0 heterocycles. The highest BCUT2D eigenvalue weighted by molar-refractivity contribution is 5.88. The second-order valence-corrected chi connectivity index (χ2v) is 8.45. The van der Waals surface area contributed by atoms with Crippen LogP contribution in [0.4, 0.5) is 4.79 Å². The van der Waals surface area contributed by atoms with E-state index in [9.17, 15) is 24.6 Å². The fourth-order valence-corrected chi connectivity index (χ4v) is 2.36. The number of carbonyl (C=O) groups excluding carboxylic acids is 3. The Morgan fingerprint density at radius 1 is 1.03 bits per heavy atom. The van der Waals surface area contributed by atoms with Crippen molar-refractivity contribution in [1.82, 2.24) is 10.6 Å². The number of nitrogens with one attached hydrogen (secondary N) is 2. The van der Waals surface area contributed by atoms with Crippen molar-refractivity contribution in [2.75, 3.05) is 6.61 Å². The van der Waals surface area contributed by atoms with Crippen LogP contribution in [0.5, 0.6) is 0 Å². The van der Waals surface area contributed by atoms with Crippen LogP contribution in [0, 0.1) is 0 Å². The standard InChI is InChI=1S/C21H32N2O7/c1-20(2,3)30-19(27)22-15(11-17(25)23-16(12-24)21(4,5)28)18(26)29-13-14-9-7-6-8-10-14/h6-10,15-16,24,28H,11-13H2,1-5H3,(H,22,27)(H,23,25)/t15-,16?/m1/s1. The van der Waals surface area contributed by atoms with Gasteiger partial charge in [0.05, 0.1) is 24.7 Å². The third-order valence-corrected chi connectivity index (χ3v) is 3.96. The predicted molar refractivity (Wildman–Crippen MR) is 109 cm³/mol. The van der Waals surface area contributed by atoms with Gasteiger partial charge in [0, 0.05) is 0 Å². The Labute approximate surface area is 176 Å². The Balaban J connectivity index is 2.84. The van der Waals surface area contributed by atoms with Crippen LogP contribution in [0.1, 0.15) is 46.6 Å². The van der Waals surface area contributed by atoms with Crippen molar-refractivity contribution in [2.24, 2.45) is 0 Å². The first-order valence-corrected chi connectivity index (χ1v) is 9.64. The van der Waals surface area contributed by atoms with Crippen molar-refractivity contribution in [2.45, 2.75) is 70.9 Å². The first-order chi connectivity index (χ1) is 13.8. The Hall–Kier alpha value is -2.65. The van der Waals surface area contributed by atoms with E-state index in [0.717, 1.165) is 5.56 Å². The number of rotatable bonds is 9. The van der Waals surface area contributed by atoms with Gasteiger partial charge in [-0.25, -0.2) is 9.59 Å². The fourth-order valence-electron chi connectivity index (χ4n) is 2.36. The molecule has 0 radical (unpaired) electrons. The van der Waals surface area contributed by atoms with Gasteiger partial charge in [-0.1, -0.05) is 30.3 Å². The predicted octanol–water partition coefficient (Wildman–Crippen LogP) is 1.26. The number of ether oxygens (including phenoxy) is 2. The minimum absolute atomic E-state index is 0.0310. The van der Waals surface area contributed by atoms with E-state index in [1.807, 2.05) is 6.07 Å². The first kappa shape index (κ1) is 25.4. The molecule has 1 aromatic rings. The van der Waals surface area contributed by atoms with Crippen LogP contribution < -0.4 is 10.6 Å². The molecule has 2 amide bonds. The van der Waals surface area contributed by atoms with E-state index < -0.39 is 54.3 Å². The smallest absolute Gasteiger partial charge is 0.408 e. The number of hydrogen-bond donors (Lipinski definition) is 4. The highest BCUT2D eigenvalue weighted by Crippen LogP contribution is 2.11. The normalized spacial score (nSPS) is 13.7. The van der Waals surface area contributed by atoms with Crippen molar-refractivity contribution in [3.63, 3.8) is 0 Å². The Bertz CT molecular complexity index is 708. The van der Waals surface area contributed by atoms with E-state index >= 15 is 0 Å². The van der Waals surface area contributed by atoms with E-state index in [-0.39, 0.29) is 6.61 Å². The van der Waals surface area contributed by atoms with Crippen LogP contribution >= 0.6 is 0 Å². The molecule has 0 bridgehead atoms. The fraction of sp³-hybridized carbons (Fsp3) is 0.571. The average Bonchev–Trinajstić information content (AvgIpc) is 2.62. The third kappa shape index (κ3) is 9.71. The second-order valence-electron chi connectivity index (χ2n) is 8.45. The largest absolute Gasteiger partial charge is 0.459 e. The van der Waals surface area contributed by atoms with Crippen LogP contribution in [0.25, 0.3) is 0 Å². The number of benzene rings is 1. The lowest BCUT2D eigenvalue weighted by Gasteiger charge is -2.29. The molecule has 0 saturated heterocycles. The number of amides is 2. The Kier molecular flexibility index (Phi) is 9.25. The van der Waals surface area contributed by atoms with Gasteiger partial charge in [-0.05, 0) is 40.2 Å². The highest BCUT2D eigenvalue weighted by atomic mass is 16.6. The number of aliphatic hydroxyl groups is 2. The summed E-state index contributed by atoms with van der Waals surface area (Å²) in [6.07, 6.45) is -1.34. The van der Waals surface area contributed by atoms with E-state index in [2.05, 4.69) is 10.6 Å². The highest BCUT2D eigenvalue weighted by Gasteiger charge is 2.31. The lowest BCUT2D eigenvalue weighted by atomic mass is 9.99. The number of carbonyl (C=O) groups is 3. The van der Waals surface area contributed by atoms with Crippen LogP contribution in [0.2, 0.25) is 0 Å². The molecule has 1 rings (SSSR count). The van der Waals surface area contributed by atoms with Gasteiger partial charge < -0.3 is 30.3 Å². The maximum absolute atomic E-state index is 12.5. The zero-order valence-electron chi connectivity index (χ0n) is 18.1. The monoisotopic (exact) mass is 424 g/mol. The molecular formula is C21H32N2O7. The molecule has 9 nitrogen and oxygen atoms in total. The molecule has 9 heteroatoms. The number of esters is 1. The third-order valence-electron chi connectivity index (χ3n) is 3.96. The molecule has 1 unspecified atom stereocenters. The van der Waals surface area contributed by atoms with Crippen molar-refractivity contribution < 1.29 is 34.1 Å². The van der Waals surface area contributed by atoms with Gasteiger partial charge in [-0.2, -0.15) is 0 Å². The molecule has 2 atom stereocenters. The molecule has 1 aromatic carbocycles. The van der Waals surface area contributed by atoms with E-state index in [1.165, 1.54) is 13.8 Å². The first-order valence-electron chi connectivity index (χ1n) is 9.64. The summed E-state index contributed by atoms with van der Waals surface area (Å²) in [5.74, 6) is -1.47. The second kappa shape index (κ2) is 10.9. The number of alkyl carbamates (subject to hydrolysis) is 1. The van der Waals surface area contributed by atoms with E-state index in [0.29, 0.717) is 0 Å². The lowest BCUT2D eigenvalue weighted by molar-refractivity contribution is -0.149. The molecule has 168 valence electrons. The van der Waals surface area contributed by atoms with Gasteiger partial charge in [0.2, 0.25) is 5.91 Å². The van der Waals surface area contributed by atoms with Gasteiger partial charge in [0.15, 0.2) is 0 Å². The maximum atomic E-state index is 12.5. The molecule has 0 aliphatic carbocycles. The quantitative estimate of drug-likeness (QED) is 0.439. The Morgan fingerprint density at radius 2 is 1.63 bits per heavy atom. The number of aliphatic hydroxyl groups excluding tert-OH is 1. The SMILES string of the molecule is CC(C)(C)OC(=O)N[C@H](CC(=O)NC(CO)C(C)(C)O)C(=O)OCc1ccccc1. The topological polar surface area (TPSA) is 134 Å². The zero-order chi connectivity index (χ0) is 22.9. The summed E-state index contributed by atoms with van der Waals surface area (Å²) >= 11 is 0. The van der Waals surface area contributed by atoms with Crippen LogP contribution in [-0.2, 0) is 25.7 Å². The van der Waals surface area contributed by atoms with Crippen molar-refractivity contribution in [3.05, 3.63) is 35.9 Å².